The summed E-state index contributed by atoms with van der Waals surface area (Å²) in [5, 5.41) is 6.49. The van der Waals surface area contributed by atoms with Gasteiger partial charge in [0.15, 0.2) is 0 Å². The number of thioether (sulfide) groups is 1. The zero-order valence-electron chi connectivity index (χ0n) is 6.50. The molecule has 0 saturated carbocycles. The molecule has 0 aromatic carbocycles. The van der Waals surface area contributed by atoms with Crippen LogP contribution in [-0.2, 0) is 0 Å². The first-order chi connectivity index (χ1) is 6.01. The van der Waals surface area contributed by atoms with Crippen LogP contribution in [-0.4, -0.2) is 22.8 Å². The van der Waals surface area contributed by atoms with E-state index in [2.05, 4.69) is 14.9 Å². The Morgan fingerprint density at radius 3 is 2.38 bits per heavy atom. The van der Waals surface area contributed by atoms with Crippen molar-refractivity contribution in [1.29, 1.82) is 0 Å². The zero-order valence-corrected chi connectivity index (χ0v) is 7.32. The predicted octanol–water partition coefficient (Wildman–Crippen LogP) is 2.10. The fourth-order valence-corrected chi connectivity index (χ4v) is 1.04. The van der Waals surface area contributed by atoms with E-state index >= 15 is 0 Å². The Morgan fingerprint density at radius 2 is 2.00 bits per heavy atom. The van der Waals surface area contributed by atoms with Gasteiger partial charge < -0.3 is 4.74 Å². The number of hydrogen-bond acceptors (Lipinski definition) is 4. The highest BCUT2D eigenvalue weighted by Crippen LogP contribution is 2.35. The van der Waals surface area contributed by atoms with Gasteiger partial charge in [0.25, 0.3) is 0 Å². The van der Waals surface area contributed by atoms with Crippen molar-refractivity contribution in [2.24, 2.45) is 0 Å². The Morgan fingerprint density at radius 1 is 1.31 bits per heavy atom. The van der Waals surface area contributed by atoms with Crippen molar-refractivity contribution in [3.8, 4) is 5.88 Å². The van der Waals surface area contributed by atoms with Crippen LogP contribution in [0.25, 0.3) is 0 Å². The third-order valence-corrected chi connectivity index (χ3v) is 1.70. The lowest BCUT2D eigenvalue weighted by molar-refractivity contribution is -0.0329. The second-order valence-electron chi connectivity index (χ2n) is 1.96. The van der Waals surface area contributed by atoms with Crippen molar-refractivity contribution in [2.75, 3.05) is 7.11 Å². The summed E-state index contributed by atoms with van der Waals surface area (Å²) in [5.41, 5.74) is -4.33. The number of aromatic nitrogens is 2. The maximum Gasteiger partial charge on any atom is 0.447 e. The third kappa shape index (κ3) is 3.49. The number of alkyl halides is 3. The molecule has 1 rings (SSSR count). The number of nitrogens with zero attached hydrogens (tertiary/aromatic N) is 2. The van der Waals surface area contributed by atoms with Gasteiger partial charge in [-0.25, -0.2) is 0 Å². The monoisotopic (exact) mass is 210 g/mol. The lowest BCUT2D eigenvalue weighted by atomic mass is 10.6. The second-order valence-corrected chi connectivity index (χ2v) is 3.05. The van der Waals surface area contributed by atoms with E-state index in [1.807, 2.05) is 0 Å². The van der Waals surface area contributed by atoms with E-state index in [-0.39, 0.29) is 22.7 Å². The van der Waals surface area contributed by atoms with Gasteiger partial charge in [-0.05, 0) is 6.07 Å². The first-order valence-electron chi connectivity index (χ1n) is 3.15. The van der Waals surface area contributed by atoms with Crippen molar-refractivity contribution >= 4 is 11.8 Å². The number of methoxy groups -OCH3 is 1. The van der Waals surface area contributed by atoms with Crippen molar-refractivity contribution in [2.45, 2.75) is 10.5 Å². The van der Waals surface area contributed by atoms with Gasteiger partial charge in [0.1, 0.15) is 5.03 Å². The van der Waals surface area contributed by atoms with Crippen molar-refractivity contribution in [1.82, 2.24) is 10.2 Å². The van der Waals surface area contributed by atoms with Gasteiger partial charge in [-0.15, -0.1) is 10.2 Å². The minimum atomic E-state index is -4.33. The molecule has 7 heteroatoms. The topological polar surface area (TPSA) is 35.0 Å². The molecule has 13 heavy (non-hydrogen) atoms. The lowest BCUT2D eigenvalue weighted by Crippen LogP contribution is -2.01. The molecule has 0 N–H and O–H groups in total. The van der Waals surface area contributed by atoms with Gasteiger partial charge in [-0.3, -0.25) is 0 Å². The van der Waals surface area contributed by atoms with Crippen LogP contribution in [0, 0.1) is 0 Å². The third-order valence-electron chi connectivity index (χ3n) is 1.05. The molecule has 3 nitrogen and oxygen atoms in total. The fraction of sp³-hybridized carbons (Fsp3) is 0.333. The summed E-state index contributed by atoms with van der Waals surface area (Å²) >= 11 is -0.309. The van der Waals surface area contributed by atoms with Gasteiger partial charge in [-0.2, -0.15) is 13.2 Å². The molecule has 0 aliphatic rings. The molecule has 0 saturated heterocycles. The van der Waals surface area contributed by atoms with Gasteiger partial charge in [-0.1, -0.05) is 0 Å². The quantitative estimate of drug-likeness (QED) is 0.700. The molecule has 0 atom stereocenters. The smallest absolute Gasteiger partial charge is 0.447 e. The summed E-state index contributed by atoms with van der Waals surface area (Å²) < 4.78 is 40.0. The molecule has 0 aliphatic heterocycles. The first kappa shape index (κ1) is 10.1. The Bertz CT molecular complexity index is 274. The van der Waals surface area contributed by atoms with Crippen LogP contribution in [0.2, 0.25) is 0 Å². The fourth-order valence-electron chi connectivity index (χ4n) is 0.590. The van der Waals surface area contributed by atoms with Gasteiger partial charge in [0.2, 0.25) is 5.88 Å². The Kier molecular flexibility index (Phi) is 2.97. The van der Waals surface area contributed by atoms with E-state index in [9.17, 15) is 13.2 Å². The minimum absolute atomic E-state index is 0.187. The highest BCUT2D eigenvalue weighted by molar-refractivity contribution is 8.00. The van der Waals surface area contributed by atoms with Crippen LogP contribution in [0.1, 0.15) is 0 Å². The molecule has 1 heterocycles. The number of halogens is 3. The number of hydrogen-bond donors (Lipinski definition) is 0. The first-order valence-corrected chi connectivity index (χ1v) is 3.96. The van der Waals surface area contributed by atoms with Crippen molar-refractivity contribution in [3.05, 3.63) is 12.1 Å². The maximum atomic E-state index is 11.8. The summed E-state index contributed by atoms with van der Waals surface area (Å²) in [6, 6.07) is 2.52. The minimum Gasteiger partial charge on any atom is -0.480 e. The highest BCUT2D eigenvalue weighted by Gasteiger charge is 2.30. The van der Waals surface area contributed by atoms with Crippen molar-refractivity contribution < 1.29 is 17.9 Å². The number of ether oxygens (including phenoxy) is 1. The van der Waals surface area contributed by atoms with E-state index in [0.717, 1.165) is 0 Å². The summed E-state index contributed by atoms with van der Waals surface area (Å²) in [7, 11) is 1.36. The molecule has 0 aliphatic carbocycles. The van der Waals surface area contributed by atoms with Crippen LogP contribution < -0.4 is 4.74 Å². The van der Waals surface area contributed by atoms with E-state index in [1.54, 1.807) is 0 Å². The lowest BCUT2D eigenvalue weighted by Gasteiger charge is -2.03. The van der Waals surface area contributed by atoms with E-state index in [4.69, 9.17) is 0 Å². The van der Waals surface area contributed by atoms with E-state index in [0.29, 0.717) is 0 Å². The Labute approximate surface area is 76.3 Å². The van der Waals surface area contributed by atoms with Crippen LogP contribution in [0.5, 0.6) is 5.88 Å². The average molecular weight is 210 g/mol. The predicted molar refractivity (Wildman–Crippen MR) is 40.5 cm³/mol. The number of rotatable bonds is 2. The van der Waals surface area contributed by atoms with Crippen LogP contribution in [0.3, 0.4) is 0 Å². The summed E-state index contributed by atoms with van der Waals surface area (Å²) in [4.78, 5) is 0. The largest absolute Gasteiger partial charge is 0.480 e. The molecule has 0 unspecified atom stereocenters. The molecule has 0 radical (unpaired) electrons. The molecule has 0 fully saturated rings. The molecule has 1 aromatic heterocycles. The average Bonchev–Trinajstić information content (AvgIpc) is 2.03. The SMILES string of the molecule is COc1ccc(SC(F)(F)F)nn1. The van der Waals surface area contributed by atoms with Crippen molar-refractivity contribution in [3.63, 3.8) is 0 Å². The molecule has 0 amide bonds. The molecule has 0 bridgehead atoms. The van der Waals surface area contributed by atoms with E-state index < -0.39 is 5.51 Å². The summed E-state index contributed by atoms with van der Waals surface area (Å²) in [5.74, 6) is 0.187. The molecular formula is C6H5F3N2OS. The van der Waals surface area contributed by atoms with Gasteiger partial charge in [0.05, 0.1) is 7.11 Å². The summed E-state index contributed by atoms with van der Waals surface area (Å²) in [6.45, 7) is 0. The van der Waals surface area contributed by atoms with E-state index in [1.165, 1.54) is 19.2 Å². The van der Waals surface area contributed by atoms with Gasteiger partial charge in [0, 0.05) is 17.8 Å². The Balaban J connectivity index is 2.70. The van der Waals surface area contributed by atoms with Crippen LogP contribution in [0.4, 0.5) is 13.2 Å². The summed E-state index contributed by atoms with van der Waals surface area (Å²) in [6.07, 6.45) is 0. The zero-order chi connectivity index (χ0) is 9.90. The van der Waals surface area contributed by atoms with Gasteiger partial charge >= 0.3 is 5.51 Å². The highest BCUT2D eigenvalue weighted by atomic mass is 32.2. The van der Waals surface area contributed by atoms with Crippen LogP contribution >= 0.6 is 11.8 Å². The maximum absolute atomic E-state index is 11.8. The molecule has 1 aromatic rings. The standard InChI is InChI=1S/C6H5F3N2OS/c1-12-4-2-3-5(11-10-4)13-6(7,8)9/h2-3H,1H3. The Hall–Kier alpha value is -0.980. The second kappa shape index (κ2) is 3.82. The molecule has 72 valence electrons. The molecular weight excluding hydrogens is 205 g/mol. The molecule has 0 spiro atoms. The normalized spacial score (nSPS) is 11.4. The van der Waals surface area contributed by atoms with Crippen LogP contribution in [0.15, 0.2) is 17.2 Å².